The summed E-state index contributed by atoms with van der Waals surface area (Å²) in [5, 5.41) is -0.109. The molecule has 0 aromatic heterocycles. The molecule has 0 amide bonds. The Kier molecular flexibility index (Phi) is 5.35. The SMILES string of the molecule is COC(=O)C[C@@H](O[Si](C)(C)C(C)(C)C)C1=C(C)C(=O)OC1=O. The number of esters is 3. The van der Waals surface area contributed by atoms with Crippen molar-refractivity contribution < 1.29 is 28.3 Å². The molecule has 0 saturated carbocycles. The number of carbonyl (C=O) groups excluding carboxylic acids is 3. The van der Waals surface area contributed by atoms with Crippen molar-refractivity contribution in [3.8, 4) is 0 Å². The van der Waals surface area contributed by atoms with Crippen LogP contribution in [0.2, 0.25) is 18.1 Å². The highest BCUT2D eigenvalue weighted by Gasteiger charge is 2.44. The van der Waals surface area contributed by atoms with Crippen LogP contribution in [0, 0.1) is 0 Å². The fraction of sp³-hybridized carbons (Fsp3) is 0.667. The molecule has 1 aliphatic heterocycles. The van der Waals surface area contributed by atoms with E-state index in [1.165, 1.54) is 14.0 Å². The van der Waals surface area contributed by atoms with Gasteiger partial charge in [0.25, 0.3) is 0 Å². The molecule has 22 heavy (non-hydrogen) atoms. The minimum absolute atomic E-state index is 0.109. The molecule has 0 unspecified atom stereocenters. The monoisotopic (exact) mass is 328 g/mol. The number of cyclic esters (lactones) is 2. The molecule has 0 aliphatic carbocycles. The van der Waals surface area contributed by atoms with Crippen molar-refractivity contribution in [2.75, 3.05) is 7.11 Å². The first-order valence-electron chi connectivity index (χ1n) is 7.12. The van der Waals surface area contributed by atoms with Crippen LogP contribution in [0.4, 0.5) is 0 Å². The first-order valence-corrected chi connectivity index (χ1v) is 10.0. The summed E-state index contributed by atoms with van der Waals surface area (Å²) in [7, 11) is -0.988. The molecule has 0 spiro atoms. The summed E-state index contributed by atoms with van der Waals surface area (Å²) in [5.74, 6) is -1.93. The van der Waals surface area contributed by atoms with Crippen LogP contribution in [0.1, 0.15) is 34.1 Å². The van der Waals surface area contributed by atoms with Crippen LogP contribution in [0.5, 0.6) is 0 Å². The fourth-order valence-corrected chi connectivity index (χ4v) is 3.09. The molecule has 0 aromatic carbocycles. The van der Waals surface area contributed by atoms with Crippen molar-refractivity contribution in [3.05, 3.63) is 11.1 Å². The van der Waals surface area contributed by atoms with Crippen LogP contribution in [-0.2, 0) is 28.3 Å². The minimum atomic E-state index is -2.26. The van der Waals surface area contributed by atoms with Crippen LogP contribution in [-0.4, -0.2) is 39.4 Å². The van der Waals surface area contributed by atoms with Crippen molar-refractivity contribution in [2.24, 2.45) is 0 Å². The molecule has 6 nitrogen and oxygen atoms in total. The second kappa shape index (κ2) is 6.34. The molecule has 1 aliphatic rings. The predicted octanol–water partition coefficient (Wildman–Crippen LogP) is 2.34. The molecule has 0 radical (unpaired) electrons. The van der Waals surface area contributed by atoms with Crippen LogP contribution in [0.3, 0.4) is 0 Å². The average Bonchev–Trinajstić information content (AvgIpc) is 2.60. The Morgan fingerprint density at radius 2 is 1.77 bits per heavy atom. The Balaban J connectivity index is 3.18. The van der Waals surface area contributed by atoms with E-state index in [1.54, 1.807) is 0 Å². The third-order valence-electron chi connectivity index (χ3n) is 4.26. The van der Waals surface area contributed by atoms with E-state index >= 15 is 0 Å². The van der Waals surface area contributed by atoms with Gasteiger partial charge in [-0.2, -0.15) is 0 Å². The van der Waals surface area contributed by atoms with Gasteiger partial charge in [0.1, 0.15) is 0 Å². The maximum atomic E-state index is 11.9. The Bertz CT molecular complexity index is 527. The Hall–Kier alpha value is -1.47. The number of ether oxygens (including phenoxy) is 2. The molecule has 0 N–H and O–H groups in total. The first-order chi connectivity index (χ1) is 9.90. The topological polar surface area (TPSA) is 78.9 Å². The Labute approximate surface area is 131 Å². The Morgan fingerprint density at radius 3 is 2.14 bits per heavy atom. The van der Waals surface area contributed by atoms with Gasteiger partial charge in [0.15, 0.2) is 8.32 Å². The summed E-state index contributed by atoms with van der Waals surface area (Å²) in [6.07, 6.45) is -0.954. The first kappa shape index (κ1) is 18.6. The van der Waals surface area contributed by atoms with Crippen LogP contribution < -0.4 is 0 Å². The van der Waals surface area contributed by atoms with Gasteiger partial charge in [-0.3, -0.25) is 4.79 Å². The summed E-state index contributed by atoms with van der Waals surface area (Å²) in [4.78, 5) is 35.1. The zero-order valence-electron chi connectivity index (χ0n) is 14.2. The highest BCUT2D eigenvalue weighted by atomic mass is 28.4. The van der Waals surface area contributed by atoms with Crippen molar-refractivity contribution in [1.29, 1.82) is 0 Å². The molecular weight excluding hydrogens is 304 g/mol. The lowest BCUT2D eigenvalue weighted by atomic mass is 10.0. The molecule has 0 bridgehead atoms. The maximum absolute atomic E-state index is 11.9. The lowest BCUT2D eigenvalue weighted by molar-refractivity contribution is -0.151. The normalized spacial score (nSPS) is 17.6. The zero-order valence-corrected chi connectivity index (χ0v) is 15.2. The second-order valence-corrected chi connectivity index (χ2v) is 11.6. The lowest BCUT2D eigenvalue weighted by Crippen LogP contribution is -2.45. The average molecular weight is 328 g/mol. The van der Waals surface area contributed by atoms with Crippen LogP contribution in [0.15, 0.2) is 11.1 Å². The summed E-state index contributed by atoms with van der Waals surface area (Å²) < 4.78 is 15.5. The number of hydrogen-bond donors (Lipinski definition) is 0. The number of rotatable bonds is 5. The zero-order chi connectivity index (χ0) is 17.3. The van der Waals surface area contributed by atoms with Gasteiger partial charge in [0, 0.05) is 5.57 Å². The van der Waals surface area contributed by atoms with Crippen molar-refractivity contribution >= 4 is 26.2 Å². The summed E-state index contributed by atoms with van der Waals surface area (Å²) >= 11 is 0. The van der Waals surface area contributed by atoms with E-state index in [1.807, 2.05) is 33.9 Å². The second-order valence-electron chi connectivity index (χ2n) is 6.86. The summed E-state index contributed by atoms with van der Waals surface area (Å²) in [6, 6.07) is 0. The van der Waals surface area contributed by atoms with Gasteiger partial charge in [-0.1, -0.05) is 20.8 Å². The molecule has 7 heteroatoms. The number of hydrogen-bond acceptors (Lipinski definition) is 6. The van der Waals surface area contributed by atoms with Gasteiger partial charge in [-0.05, 0) is 25.1 Å². The van der Waals surface area contributed by atoms with Gasteiger partial charge in [0.05, 0.1) is 25.2 Å². The highest BCUT2D eigenvalue weighted by molar-refractivity contribution is 6.74. The van der Waals surface area contributed by atoms with Crippen LogP contribution >= 0.6 is 0 Å². The number of carbonyl (C=O) groups is 3. The van der Waals surface area contributed by atoms with E-state index in [0.717, 1.165) is 0 Å². The van der Waals surface area contributed by atoms with Gasteiger partial charge in [-0.15, -0.1) is 0 Å². The van der Waals surface area contributed by atoms with E-state index < -0.39 is 32.3 Å². The molecular formula is C15H24O6Si. The molecule has 1 atom stereocenters. The minimum Gasteiger partial charge on any atom is -0.469 e. The standard InChI is InChI=1S/C15H24O6Si/c1-9-12(14(18)20-13(9)17)10(8-11(16)19-5)21-22(6,7)15(2,3)4/h10H,8H2,1-7H3/t10-/m1/s1. The lowest BCUT2D eigenvalue weighted by Gasteiger charge is -2.39. The molecule has 0 fully saturated rings. The van der Waals surface area contributed by atoms with Crippen molar-refractivity contribution in [1.82, 2.24) is 0 Å². The molecule has 124 valence electrons. The molecule has 0 aromatic rings. The quantitative estimate of drug-likeness (QED) is 0.438. The van der Waals surface area contributed by atoms with E-state index in [0.29, 0.717) is 0 Å². The predicted molar refractivity (Wildman–Crippen MR) is 82.5 cm³/mol. The smallest absolute Gasteiger partial charge is 0.345 e. The molecule has 1 rings (SSSR count). The van der Waals surface area contributed by atoms with Gasteiger partial charge < -0.3 is 13.9 Å². The third-order valence-corrected chi connectivity index (χ3v) is 8.75. The number of methoxy groups -OCH3 is 1. The Morgan fingerprint density at radius 1 is 1.23 bits per heavy atom. The van der Waals surface area contributed by atoms with Crippen molar-refractivity contribution in [3.63, 3.8) is 0 Å². The van der Waals surface area contributed by atoms with Crippen LogP contribution in [0.25, 0.3) is 0 Å². The summed E-state index contributed by atoms with van der Waals surface area (Å²) in [6.45, 7) is 11.7. The van der Waals surface area contributed by atoms with E-state index in [9.17, 15) is 14.4 Å². The molecule has 1 heterocycles. The largest absolute Gasteiger partial charge is 0.469 e. The van der Waals surface area contributed by atoms with E-state index in [2.05, 4.69) is 9.47 Å². The maximum Gasteiger partial charge on any atom is 0.345 e. The van der Waals surface area contributed by atoms with Gasteiger partial charge in [0.2, 0.25) is 0 Å². The highest BCUT2D eigenvalue weighted by Crippen LogP contribution is 2.39. The van der Waals surface area contributed by atoms with E-state index in [-0.39, 0.29) is 22.6 Å². The van der Waals surface area contributed by atoms with Crippen molar-refractivity contribution in [2.45, 2.75) is 58.4 Å². The van der Waals surface area contributed by atoms with Gasteiger partial charge in [-0.25, -0.2) is 9.59 Å². The molecule has 0 saturated heterocycles. The van der Waals surface area contributed by atoms with Gasteiger partial charge >= 0.3 is 17.9 Å². The van der Waals surface area contributed by atoms with E-state index in [4.69, 9.17) is 4.43 Å². The fourth-order valence-electron chi connectivity index (χ4n) is 1.82. The summed E-state index contributed by atoms with van der Waals surface area (Å²) in [5.41, 5.74) is 0.317. The third kappa shape index (κ3) is 3.83.